The quantitative estimate of drug-likeness (QED) is 0.900. The molecule has 0 saturated carbocycles. The van der Waals surface area contributed by atoms with E-state index in [9.17, 15) is 4.79 Å². The SMILES string of the molecule is CN(C)CCC=C1c2cc(CC(=O)O)ccc2OCc2ccsc21. The molecule has 0 amide bonds. The van der Waals surface area contributed by atoms with E-state index in [2.05, 4.69) is 36.5 Å². The molecule has 3 rings (SSSR count). The average Bonchev–Trinajstić information content (AvgIpc) is 2.92. The summed E-state index contributed by atoms with van der Waals surface area (Å²) in [5.74, 6) is 0.00285. The second-order valence-electron chi connectivity index (χ2n) is 6.17. The summed E-state index contributed by atoms with van der Waals surface area (Å²) in [6.07, 6.45) is 3.20. The summed E-state index contributed by atoms with van der Waals surface area (Å²) in [4.78, 5) is 14.4. The number of benzene rings is 1. The normalized spacial score (nSPS) is 14.9. The fraction of sp³-hybridized carbons (Fsp3) is 0.316. The van der Waals surface area contributed by atoms with Crippen molar-refractivity contribution in [2.75, 3.05) is 20.6 Å². The highest BCUT2D eigenvalue weighted by Gasteiger charge is 2.21. The van der Waals surface area contributed by atoms with Gasteiger partial charge >= 0.3 is 5.97 Å². The van der Waals surface area contributed by atoms with Crippen molar-refractivity contribution in [1.82, 2.24) is 4.90 Å². The molecule has 1 aliphatic heterocycles. The summed E-state index contributed by atoms with van der Waals surface area (Å²) in [7, 11) is 4.12. The van der Waals surface area contributed by atoms with E-state index in [1.54, 1.807) is 11.3 Å². The molecule has 0 fully saturated rings. The van der Waals surface area contributed by atoms with Gasteiger partial charge in [0.05, 0.1) is 6.42 Å². The van der Waals surface area contributed by atoms with Crippen LogP contribution in [-0.2, 0) is 17.8 Å². The van der Waals surface area contributed by atoms with Gasteiger partial charge in [0.25, 0.3) is 0 Å². The lowest BCUT2D eigenvalue weighted by molar-refractivity contribution is -0.136. The van der Waals surface area contributed by atoms with Crippen LogP contribution >= 0.6 is 11.3 Å². The van der Waals surface area contributed by atoms with Crippen molar-refractivity contribution in [3.8, 4) is 5.75 Å². The zero-order valence-corrected chi connectivity index (χ0v) is 14.7. The van der Waals surface area contributed by atoms with Gasteiger partial charge in [0.1, 0.15) is 12.4 Å². The molecule has 0 unspecified atom stereocenters. The summed E-state index contributed by atoms with van der Waals surface area (Å²) in [5.41, 5.74) is 4.13. The number of thiophene rings is 1. The van der Waals surface area contributed by atoms with Gasteiger partial charge in [-0.2, -0.15) is 0 Å². The number of hydrogen-bond acceptors (Lipinski definition) is 4. The fourth-order valence-corrected chi connectivity index (χ4v) is 3.80. The fourth-order valence-electron chi connectivity index (χ4n) is 2.83. The Morgan fingerprint density at radius 1 is 1.38 bits per heavy atom. The highest BCUT2D eigenvalue weighted by Crippen LogP contribution is 2.40. The van der Waals surface area contributed by atoms with Gasteiger partial charge in [-0.25, -0.2) is 0 Å². The molecule has 0 bridgehead atoms. The maximum absolute atomic E-state index is 11.0. The van der Waals surface area contributed by atoms with Crippen molar-refractivity contribution < 1.29 is 14.6 Å². The summed E-state index contributed by atoms with van der Waals surface area (Å²) >= 11 is 1.71. The van der Waals surface area contributed by atoms with Crippen molar-refractivity contribution in [3.05, 3.63) is 57.3 Å². The van der Waals surface area contributed by atoms with Gasteiger partial charge in [-0.05, 0) is 55.2 Å². The molecular formula is C19H21NO3S. The van der Waals surface area contributed by atoms with Crippen molar-refractivity contribution in [2.45, 2.75) is 19.4 Å². The zero-order valence-electron chi connectivity index (χ0n) is 13.9. The van der Waals surface area contributed by atoms with Gasteiger partial charge in [0, 0.05) is 22.5 Å². The number of ether oxygens (including phenoxy) is 1. The predicted octanol–water partition coefficient (Wildman–Crippen LogP) is 3.65. The number of aliphatic carboxylic acids is 1. The Balaban J connectivity index is 2.04. The van der Waals surface area contributed by atoms with Gasteiger partial charge in [-0.1, -0.05) is 12.1 Å². The third kappa shape index (κ3) is 3.68. The van der Waals surface area contributed by atoms with Crippen molar-refractivity contribution >= 4 is 22.9 Å². The molecule has 1 aromatic carbocycles. The molecule has 0 saturated heterocycles. The largest absolute Gasteiger partial charge is 0.488 e. The number of nitrogens with zero attached hydrogens (tertiary/aromatic N) is 1. The van der Waals surface area contributed by atoms with E-state index >= 15 is 0 Å². The third-order valence-corrected chi connectivity index (χ3v) is 4.98. The Morgan fingerprint density at radius 2 is 2.21 bits per heavy atom. The lowest BCUT2D eigenvalue weighted by atomic mass is 9.97. The smallest absolute Gasteiger partial charge is 0.307 e. The Hall–Kier alpha value is -2.11. The molecule has 4 nitrogen and oxygen atoms in total. The van der Waals surface area contributed by atoms with E-state index < -0.39 is 5.97 Å². The van der Waals surface area contributed by atoms with Gasteiger partial charge in [-0.15, -0.1) is 11.3 Å². The van der Waals surface area contributed by atoms with Crippen molar-refractivity contribution in [2.24, 2.45) is 0 Å². The van der Waals surface area contributed by atoms with Gasteiger partial charge in [-0.3, -0.25) is 4.79 Å². The van der Waals surface area contributed by atoms with Crippen LogP contribution in [0.15, 0.2) is 35.7 Å². The van der Waals surface area contributed by atoms with Gasteiger partial charge in [0.2, 0.25) is 0 Å². The molecule has 1 aliphatic rings. The molecule has 2 heterocycles. The molecule has 5 heteroatoms. The van der Waals surface area contributed by atoms with Crippen LogP contribution in [0.1, 0.15) is 28.0 Å². The molecular weight excluding hydrogens is 322 g/mol. The third-order valence-electron chi connectivity index (χ3n) is 3.99. The Labute approximate surface area is 146 Å². The minimum absolute atomic E-state index is 0.0234. The highest BCUT2D eigenvalue weighted by atomic mass is 32.1. The van der Waals surface area contributed by atoms with E-state index in [1.807, 2.05) is 18.2 Å². The van der Waals surface area contributed by atoms with E-state index in [-0.39, 0.29) is 6.42 Å². The second-order valence-corrected chi connectivity index (χ2v) is 7.09. The van der Waals surface area contributed by atoms with Crippen LogP contribution in [-0.4, -0.2) is 36.6 Å². The summed E-state index contributed by atoms with van der Waals surface area (Å²) in [6.45, 7) is 1.52. The molecule has 24 heavy (non-hydrogen) atoms. The molecule has 0 radical (unpaired) electrons. The maximum atomic E-state index is 11.0. The maximum Gasteiger partial charge on any atom is 0.307 e. The minimum atomic E-state index is -0.820. The first-order valence-electron chi connectivity index (χ1n) is 7.94. The van der Waals surface area contributed by atoms with Crippen LogP contribution in [0.4, 0.5) is 0 Å². The number of carboxylic acid groups (broad SMARTS) is 1. The minimum Gasteiger partial charge on any atom is -0.488 e. The Kier molecular flexibility index (Phi) is 5.02. The topological polar surface area (TPSA) is 49.8 Å². The molecule has 0 aliphatic carbocycles. The van der Waals surface area contributed by atoms with E-state index in [1.165, 1.54) is 10.4 Å². The number of carbonyl (C=O) groups is 1. The van der Waals surface area contributed by atoms with Gasteiger partial charge in [0.15, 0.2) is 0 Å². The lowest BCUT2D eigenvalue weighted by Gasteiger charge is -2.12. The molecule has 1 aromatic heterocycles. The second kappa shape index (κ2) is 7.20. The monoisotopic (exact) mass is 343 g/mol. The highest BCUT2D eigenvalue weighted by molar-refractivity contribution is 7.11. The summed E-state index contributed by atoms with van der Waals surface area (Å²) < 4.78 is 5.96. The Bertz CT molecular complexity index is 777. The average molecular weight is 343 g/mol. The van der Waals surface area contributed by atoms with Crippen molar-refractivity contribution in [1.29, 1.82) is 0 Å². The lowest BCUT2D eigenvalue weighted by Crippen LogP contribution is -2.12. The Morgan fingerprint density at radius 3 is 2.96 bits per heavy atom. The van der Waals surface area contributed by atoms with Gasteiger partial charge < -0.3 is 14.7 Å². The zero-order chi connectivity index (χ0) is 17.1. The first kappa shape index (κ1) is 16.7. The van der Waals surface area contributed by atoms with Crippen LogP contribution in [0.3, 0.4) is 0 Å². The van der Waals surface area contributed by atoms with Crippen molar-refractivity contribution in [3.63, 3.8) is 0 Å². The van der Waals surface area contributed by atoms with E-state index in [4.69, 9.17) is 9.84 Å². The summed E-state index contributed by atoms with van der Waals surface area (Å²) in [6, 6.07) is 7.79. The first-order chi connectivity index (χ1) is 11.5. The number of fused-ring (bicyclic) bond motifs is 2. The molecule has 0 atom stereocenters. The first-order valence-corrected chi connectivity index (χ1v) is 8.82. The van der Waals surface area contributed by atoms with Crippen LogP contribution in [0.5, 0.6) is 5.75 Å². The molecule has 1 N–H and O–H groups in total. The molecule has 0 spiro atoms. The summed E-state index contributed by atoms with van der Waals surface area (Å²) in [5, 5.41) is 11.2. The number of carboxylic acids is 1. The molecule has 126 valence electrons. The predicted molar refractivity (Wildman–Crippen MR) is 96.7 cm³/mol. The van der Waals surface area contributed by atoms with Crippen LogP contribution < -0.4 is 4.74 Å². The molecule has 2 aromatic rings. The van der Waals surface area contributed by atoms with Crippen LogP contribution in [0.25, 0.3) is 5.57 Å². The number of hydrogen-bond donors (Lipinski definition) is 1. The number of rotatable bonds is 5. The standard InChI is InChI=1S/C19H21NO3S/c1-20(2)8-3-4-15-16-10-13(11-18(21)22)5-6-17(16)23-12-14-7-9-24-19(14)15/h4-7,9-10H,3,8,11-12H2,1-2H3,(H,21,22). The van der Waals surface area contributed by atoms with E-state index in [0.717, 1.165) is 35.4 Å². The van der Waals surface area contributed by atoms with Crippen LogP contribution in [0, 0.1) is 0 Å². The van der Waals surface area contributed by atoms with Crippen LogP contribution in [0.2, 0.25) is 0 Å². The van der Waals surface area contributed by atoms with E-state index in [0.29, 0.717) is 6.61 Å².